The highest BCUT2D eigenvalue weighted by molar-refractivity contribution is 6.11. The van der Waals surface area contributed by atoms with E-state index in [0.717, 1.165) is 11.1 Å². The minimum atomic E-state index is -0.539. The number of nitrogen functional groups attached to an aromatic ring is 2. The number of guanidine groups is 3. The molecule has 0 aliphatic heterocycles. The first-order valence-electron chi connectivity index (χ1n) is 17.6. The lowest BCUT2D eigenvalue weighted by molar-refractivity contribution is 0.102. The van der Waals surface area contributed by atoms with Crippen LogP contribution in [0.25, 0.3) is 0 Å². The number of benzene rings is 3. The molecule has 0 saturated heterocycles. The fraction of sp³-hybridized carbons (Fsp3) is 0.378. The molecular weight excluding hydrogens is 703 g/mol. The van der Waals surface area contributed by atoms with E-state index >= 15 is 0 Å². The average Bonchev–Trinajstić information content (AvgIpc) is 3.07. The Morgan fingerprint density at radius 3 is 1.33 bits per heavy atom. The lowest BCUT2D eigenvalue weighted by Gasteiger charge is -2.24. The standard InChI is InChI=1S/C37H57N15O3/c1-36(2,3)22-16-25(38)29(46-7-9-48-33(40)41)27(18-22)51-31(53)20-13-21(15-24(14-20)55-12-11-50-35(44)45)32(54)52-28-19-23(37(4,5)6)17-26(39)30(28)47-8-10-49-34(42)43/h13-19,46-47H,7-12,38-39H2,1-6H3,(H,51,53)(H,52,54)(H4,40,41,48)(H4,42,43,49)(H4,44,45,50). The number of nitrogens with zero attached hydrogens (tertiary/aromatic N) is 3. The van der Waals surface area contributed by atoms with Crippen LogP contribution in [-0.4, -0.2) is 69.0 Å². The normalized spacial score (nSPS) is 11.2. The number of nitrogens with two attached hydrogens (primary N) is 8. The molecule has 3 aromatic carbocycles. The number of rotatable bonds is 16. The third kappa shape index (κ3) is 13.1. The van der Waals surface area contributed by atoms with E-state index in [4.69, 9.17) is 50.6 Å². The number of hydrogen-bond donors (Lipinski definition) is 12. The van der Waals surface area contributed by atoms with Gasteiger partial charge in [0.2, 0.25) is 0 Å². The summed E-state index contributed by atoms with van der Waals surface area (Å²) < 4.78 is 5.91. The van der Waals surface area contributed by atoms with E-state index in [1.165, 1.54) is 18.2 Å². The van der Waals surface area contributed by atoms with Gasteiger partial charge in [0.05, 0.1) is 53.8 Å². The molecule has 0 bridgehead atoms. The molecule has 0 spiro atoms. The van der Waals surface area contributed by atoms with Gasteiger partial charge in [-0.25, -0.2) is 0 Å². The number of hydrogen-bond acceptors (Lipinski definition) is 10. The van der Waals surface area contributed by atoms with Gasteiger partial charge in [0, 0.05) is 24.2 Å². The van der Waals surface area contributed by atoms with Gasteiger partial charge in [-0.2, -0.15) is 0 Å². The number of ether oxygens (including phenoxy) is 1. The van der Waals surface area contributed by atoms with Crippen molar-refractivity contribution in [2.45, 2.75) is 52.4 Å². The molecule has 0 aliphatic rings. The Morgan fingerprint density at radius 2 is 0.964 bits per heavy atom. The average molecular weight is 760 g/mol. The van der Waals surface area contributed by atoms with Crippen molar-refractivity contribution >= 4 is 63.8 Å². The van der Waals surface area contributed by atoms with E-state index in [1.807, 2.05) is 65.8 Å². The summed E-state index contributed by atoms with van der Waals surface area (Å²) in [6.45, 7) is 13.6. The van der Waals surface area contributed by atoms with Crippen LogP contribution in [0.1, 0.15) is 73.4 Å². The summed E-state index contributed by atoms with van der Waals surface area (Å²) >= 11 is 0. The van der Waals surface area contributed by atoms with Crippen molar-refractivity contribution in [2.75, 3.05) is 72.1 Å². The summed E-state index contributed by atoms with van der Waals surface area (Å²) in [7, 11) is 0. The quantitative estimate of drug-likeness (QED) is 0.0431. The molecule has 55 heavy (non-hydrogen) atoms. The number of amides is 2. The zero-order chi connectivity index (χ0) is 41.1. The Morgan fingerprint density at radius 1 is 0.582 bits per heavy atom. The van der Waals surface area contributed by atoms with Crippen molar-refractivity contribution in [3.05, 3.63) is 64.7 Å². The van der Waals surface area contributed by atoms with Crippen LogP contribution in [0.3, 0.4) is 0 Å². The van der Waals surface area contributed by atoms with E-state index in [9.17, 15) is 9.59 Å². The van der Waals surface area contributed by atoms with Crippen molar-refractivity contribution in [1.82, 2.24) is 0 Å². The topological polar surface area (TPSA) is 337 Å². The maximum atomic E-state index is 14.1. The van der Waals surface area contributed by atoms with Crippen molar-refractivity contribution in [2.24, 2.45) is 49.4 Å². The molecule has 0 fully saturated rings. The van der Waals surface area contributed by atoms with Gasteiger partial charge < -0.3 is 71.9 Å². The zero-order valence-corrected chi connectivity index (χ0v) is 32.5. The minimum absolute atomic E-state index is 0.0488. The van der Waals surface area contributed by atoms with Crippen LogP contribution in [0.2, 0.25) is 0 Å². The number of nitrogens with one attached hydrogen (secondary N) is 4. The zero-order valence-electron chi connectivity index (χ0n) is 32.5. The Labute approximate surface area is 322 Å². The van der Waals surface area contributed by atoms with Gasteiger partial charge in [0.25, 0.3) is 11.8 Å². The van der Waals surface area contributed by atoms with E-state index in [2.05, 4.69) is 36.2 Å². The number of aliphatic imine (C=N–C) groups is 3. The SMILES string of the molecule is CC(C)(C)c1cc(N)c(NCCN=C(N)N)c(NC(=O)c2cc(OCCN=C(N)N)cc(C(=O)Nc3cc(C(C)(C)C)cc(N)c3NCCN=C(N)N)c2)c1. The first-order chi connectivity index (χ1) is 25.6. The van der Waals surface area contributed by atoms with E-state index < -0.39 is 11.8 Å². The molecule has 18 nitrogen and oxygen atoms in total. The maximum Gasteiger partial charge on any atom is 0.255 e. The molecule has 20 N–H and O–H groups in total. The molecule has 0 unspecified atom stereocenters. The van der Waals surface area contributed by atoms with Gasteiger partial charge in [0.1, 0.15) is 12.4 Å². The highest BCUT2D eigenvalue weighted by Gasteiger charge is 2.23. The number of carbonyl (C=O) groups is 2. The number of carbonyl (C=O) groups excluding carboxylic acids is 2. The van der Waals surface area contributed by atoms with Gasteiger partial charge >= 0.3 is 0 Å². The van der Waals surface area contributed by atoms with Crippen LogP contribution in [0.15, 0.2) is 57.4 Å². The molecule has 0 aliphatic carbocycles. The molecule has 0 saturated carbocycles. The van der Waals surface area contributed by atoms with E-state index in [-0.39, 0.29) is 71.8 Å². The Kier molecular flexibility index (Phi) is 14.4. The maximum absolute atomic E-state index is 14.1. The smallest absolute Gasteiger partial charge is 0.255 e. The van der Waals surface area contributed by atoms with Gasteiger partial charge in [-0.3, -0.25) is 24.6 Å². The highest BCUT2D eigenvalue weighted by atomic mass is 16.5. The van der Waals surface area contributed by atoms with Gasteiger partial charge in [0.15, 0.2) is 17.9 Å². The summed E-state index contributed by atoms with van der Waals surface area (Å²) in [6.07, 6.45) is 0. The Hall–Kier alpha value is -6.59. The lowest BCUT2D eigenvalue weighted by Crippen LogP contribution is -2.24. The first kappa shape index (κ1) is 42.8. The molecule has 0 radical (unpaired) electrons. The largest absolute Gasteiger partial charge is 0.492 e. The fourth-order valence-corrected chi connectivity index (χ4v) is 5.19. The first-order valence-corrected chi connectivity index (χ1v) is 17.6. The second-order valence-electron chi connectivity index (χ2n) is 14.8. The van der Waals surface area contributed by atoms with Crippen LogP contribution in [0.4, 0.5) is 34.1 Å². The molecule has 0 atom stereocenters. The molecule has 3 rings (SSSR count). The van der Waals surface area contributed by atoms with Crippen LogP contribution < -0.4 is 71.9 Å². The fourth-order valence-electron chi connectivity index (χ4n) is 5.19. The third-order valence-electron chi connectivity index (χ3n) is 8.07. The lowest BCUT2D eigenvalue weighted by atomic mass is 9.86. The van der Waals surface area contributed by atoms with Crippen molar-refractivity contribution in [3.8, 4) is 5.75 Å². The Bertz CT molecular complexity index is 1810. The molecule has 298 valence electrons. The second kappa shape index (κ2) is 18.4. The van der Waals surface area contributed by atoms with Crippen LogP contribution in [0.5, 0.6) is 5.75 Å². The van der Waals surface area contributed by atoms with E-state index in [0.29, 0.717) is 47.2 Å². The summed E-state index contributed by atoms with van der Waals surface area (Å²) in [6, 6.07) is 11.9. The van der Waals surface area contributed by atoms with Gasteiger partial charge in [-0.15, -0.1) is 0 Å². The molecule has 2 amide bonds. The number of anilines is 6. The van der Waals surface area contributed by atoms with Crippen LogP contribution in [0, 0.1) is 0 Å². The predicted octanol–water partition coefficient (Wildman–Crippen LogP) is 1.97. The van der Waals surface area contributed by atoms with Crippen molar-refractivity contribution in [3.63, 3.8) is 0 Å². The minimum Gasteiger partial charge on any atom is -0.492 e. The summed E-state index contributed by atoms with van der Waals surface area (Å²) in [5, 5.41) is 12.4. The van der Waals surface area contributed by atoms with Crippen LogP contribution >= 0.6 is 0 Å². The summed E-state index contributed by atoms with van der Waals surface area (Å²) in [5.41, 5.74) is 49.9. The Balaban J connectivity index is 2.08. The van der Waals surface area contributed by atoms with Crippen LogP contribution in [-0.2, 0) is 10.8 Å². The van der Waals surface area contributed by atoms with Crippen molar-refractivity contribution < 1.29 is 14.3 Å². The summed E-state index contributed by atoms with van der Waals surface area (Å²) in [4.78, 5) is 40.1. The highest BCUT2D eigenvalue weighted by Crippen LogP contribution is 2.37. The predicted molar refractivity (Wildman–Crippen MR) is 226 cm³/mol. The third-order valence-corrected chi connectivity index (χ3v) is 8.07. The van der Waals surface area contributed by atoms with Gasteiger partial charge in [-0.1, -0.05) is 41.5 Å². The van der Waals surface area contributed by atoms with E-state index in [1.54, 1.807) is 0 Å². The van der Waals surface area contributed by atoms with Crippen molar-refractivity contribution in [1.29, 1.82) is 0 Å². The molecular formula is C37H57N15O3. The van der Waals surface area contributed by atoms with Gasteiger partial charge in [-0.05, 0) is 64.4 Å². The summed E-state index contributed by atoms with van der Waals surface area (Å²) in [5.74, 6) is -1.05. The second-order valence-corrected chi connectivity index (χ2v) is 14.8. The molecule has 0 heterocycles. The molecule has 18 heteroatoms. The molecule has 0 aromatic heterocycles. The molecule has 3 aromatic rings. The monoisotopic (exact) mass is 759 g/mol.